The average molecular weight is 500 g/mol. The second-order valence-corrected chi connectivity index (χ2v) is 7.34. The van der Waals surface area contributed by atoms with Gasteiger partial charge in [-0.15, -0.1) is 5.10 Å². The van der Waals surface area contributed by atoms with E-state index in [4.69, 9.17) is 16.9 Å². The van der Waals surface area contributed by atoms with E-state index in [-0.39, 0.29) is 21.1 Å². The minimum absolute atomic E-state index is 0.112. The third kappa shape index (κ3) is 4.77. The lowest BCUT2D eigenvalue weighted by Gasteiger charge is -2.15. The van der Waals surface area contributed by atoms with Gasteiger partial charge in [0.05, 0.1) is 17.2 Å². The van der Waals surface area contributed by atoms with Crippen LogP contribution in [-0.2, 0) is 6.18 Å². The predicted molar refractivity (Wildman–Crippen MR) is 104 cm³/mol. The van der Waals surface area contributed by atoms with E-state index in [9.17, 15) is 18.0 Å². The molecule has 0 saturated heterocycles. The van der Waals surface area contributed by atoms with Crippen LogP contribution in [0.15, 0.2) is 41.0 Å². The molecular formula is C18H11BrClF3N6O. The van der Waals surface area contributed by atoms with E-state index in [1.807, 2.05) is 6.07 Å². The van der Waals surface area contributed by atoms with Gasteiger partial charge in [-0.05, 0) is 48.9 Å². The minimum atomic E-state index is -4.60. The molecule has 0 aliphatic carbocycles. The third-order valence-electron chi connectivity index (χ3n) is 3.92. The number of benzene rings is 1. The van der Waals surface area contributed by atoms with Crippen molar-refractivity contribution in [2.24, 2.45) is 0 Å². The number of nitriles is 1. The largest absolute Gasteiger partial charge is 0.416 e. The van der Waals surface area contributed by atoms with Crippen molar-refractivity contribution in [3.05, 3.63) is 68.8 Å². The van der Waals surface area contributed by atoms with Crippen molar-refractivity contribution in [2.75, 3.05) is 0 Å². The minimum Gasteiger partial charge on any atom is -0.342 e. The van der Waals surface area contributed by atoms with E-state index < -0.39 is 23.7 Å². The van der Waals surface area contributed by atoms with Crippen LogP contribution in [0, 0.1) is 11.3 Å². The Balaban J connectivity index is 1.88. The van der Waals surface area contributed by atoms with Crippen molar-refractivity contribution in [3.8, 4) is 11.9 Å². The Hall–Kier alpha value is -2.97. The molecule has 3 rings (SSSR count). The molecule has 0 aliphatic rings. The maximum absolute atomic E-state index is 13.0. The summed E-state index contributed by atoms with van der Waals surface area (Å²) in [6, 6.07) is 7.11. The predicted octanol–water partition coefficient (Wildman–Crippen LogP) is 4.46. The van der Waals surface area contributed by atoms with Crippen molar-refractivity contribution in [2.45, 2.75) is 19.1 Å². The highest BCUT2D eigenvalue weighted by Crippen LogP contribution is 2.32. The highest BCUT2D eigenvalue weighted by molar-refractivity contribution is 9.10. The zero-order valence-electron chi connectivity index (χ0n) is 15.1. The fourth-order valence-corrected chi connectivity index (χ4v) is 3.21. The molecule has 2 heterocycles. The van der Waals surface area contributed by atoms with Gasteiger partial charge in [-0.3, -0.25) is 4.79 Å². The van der Waals surface area contributed by atoms with Crippen molar-refractivity contribution >= 4 is 33.4 Å². The topological polar surface area (TPSA) is 96.5 Å². The van der Waals surface area contributed by atoms with Crippen molar-refractivity contribution in [1.29, 1.82) is 5.26 Å². The number of alkyl halides is 3. The maximum atomic E-state index is 13.0. The van der Waals surface area contributed by atoms with Crippen LogP contribution in [0.1, 0.15) is 40.3 Å². The van der Waals surface area contributed by atoms with E-state index in [2.05, 4.69) is 36.3 Å². The van der Waals surface area contributed by atoms with Crippen molar-refractivity contribution in [3.63, 3.8) is 0 Å². The van der Waals surface area contributed by atoms with E-state index >= 15 is 0 Å². The third-order valence-corrected chi connectivity index (χ3v) is 4.54. The van der Waals surface area contributed by atoms with Crippen LogP contribution in [0.5, 0.6) is 0 Å². The van der Waals surface area contributed by atoms with Gasteiger partial charge in [-0.1, -0.05) is 15.9 Å². The van der Waals surface area contributed by atoms with E-state index in [0.29, 0.717) is 11.4 Å². The highest BCUT2D eigenvalue weighted by atomic mass is 79.9. The summed E-state index contributed by atoms with van der Waals surface area (Å²) in [6.07, 6.45) is -3.27. The number of amides is 1. The quantitative estimate of drug-likeness (QED) is 0.572. The summed E-state index contributed by atoms with van der Waals surface area (Å²) < 4.78 is 40.4. The van der Waals surface area contributed by atoms with E-state index in [1.165, 1.54) is 29.1 Å². The Bertz CT molecular complexity index is 1140. The number of hydrogen-bond donors (Lipinski definition) is 1. The van der Waals surface area contributed by atoms with Crippen LogP contribution in [0.4, 0.5) is 13.2 Å². The van der Waals surface area contributed by atoms with Crippen LogP contribution in [0.2, 0.25) is 5.28 Å². The summed E-state index contributed by atoms with van der Waals surface area (Å²) in [7, 11) is 0. The second-order valence-electron chi connectivity index (χ2n) is 6.09. The Morgan fingerprint density at radius 2 is 2.07 bits per heavy atom. The standard InChI is InChI=1S/C18H11BrClF3N6O/c1-9(26-16(30)11-4-12(18(21,22)23)6-13(19)5-11)15-27-17(20)28-29(15)14-3-2-10(7-24)8-25-14/h2-6,8-9H,1H3,(H,26,30). The lowest BCUT2D eigenvalue weighted by atomic mass is 10.1. The first-order valence-corrected chi connectivity index (χ1v) is 9.43. The molecule has 1 N–H and O–H groups in total. The molecule has 0 fully saturated rings. The lowest BCUT2D eigenvalue weighted by molar-refractivity contribution is -0.137. The number of halogens is 5. The molecule has 3 aromatic rings. The van der Waals surface area contributed by atoms with Gasteiger partial charge in [-0.25, -0.2) is 4.98 Å². The monoisotopic (exact) mass is 498 g/mol. The van der Waals surface area contributed by atoms with Crippen LogP contribution < -0.4 is 5.32 Å². The summed E-state index contributed by atoms with van der Waals surface area (Å²) in [5, 5.41) is 15.4. The molecule has 0 spiro atoms. The molecule has 0 bridgehead atoms. The van der Waals surface area contributed by atoms with Crippen LogP contribution in [0.25, 0.3) is 5.82 Å². The summed E-state index contributed by atoms with van der Waals surface area (Å²) in [6.45, 7) is 1.57. The van der Waals surface area contributed by atoms with Crippen LogP contribution in [0.3, 0.4) is 0 Å². The number of nitrogens with zero attached hydrogens (tertiary/aromatic N) is 5. The fourth-order valence-electron chi connectivity index (χ4n) is 2.55. The van der Waals surface area contributed by atoms with Gasteiger partial charge < -0.3 is 5.32 Å². The number of nitrogens with one attached hydrogen (secondary N) is 1. The van der Waals surface area contributed by atoms with E-state index in [0.717, 1.165) is 12.1 Å². The van der Waals surface area contributed by atoms with Crippen molar-refractivity contribution in [1.82, 2.24) is 25.1 Å². The number of pyridine rings is 1. The highest BCUT2D eigenvalue weighted by Gasteiger charge is 2.32. The molecule has 7 nitrogen and oxygen atoms in total. The number of carbonyl (C=O) groups excluding carboxylic acids is 1. The first-order valence-electron chi connectivity index (χ1n) is 8.26. The molecule has 30 heavy (non-hydrogen) atoms. The SMILES string of the molecule is CC(NC(=O)c1cc(Br)cc(C(F)(F)F)c1)c1nc(Cl)nn1-c1ccc(C#N)cn1. The number of aromatic nitrogens is 4. The smallest absolute Gasteiger partial charge is 0.342 e. The molecule has 0 saturated carbocycles. The second kappa shape index (κ2) is 8.41. The van der Waals surface area contributed by atoms with Gasteiger partial charge in [0.25, 0.3) is 5.91 Å². The zero-order chi connectivity index (χ0) is 22.1. The summed E-state index contributed by atoms with van der Waals surface area (Å²) in [4.78, 5) is 20.7. The fraction of sp³-hybridized carbons (Fsp3) is 0.167. The molecule has 1 amide bonds. The Kier molecular flexibility index (Phi) is 6.09. The Morgan fingerprint density at radius 3 is 2.67 bits per heavy atom. The first-order chi connectivity index (χ1) is 14.1. The number of carbonyl (C=O) groups is 1. The van der Waals surface area contributed by atoms with Gasteiger partial charge in [0.2, 0.25) is 5.28 Å². The van der Waals surface area contributed by atoms with Crippen molar-refractivity contribution < 1.29 is 18.0 Å². The summed E-state index contributed by atoms with van der Waals surface area (Å²) in [5.41, 5.74) is -0.803. The van der Waals surface area contributed by atoms with E-state index in [1.54, 1.807) is 6.92 Å². The van der Waals surface area contributed by atoms with Gasteiger partial charge in [0, 0.05) is 16.2 Å². The van der Waals surface area contributed by atoms with Gasteiger partial charge in [0.15, 0.2) is 11.6 Å². The molecular weight excluding hydrogens is 489 g/mol. The van der Waals surface area contributed by atoms with Gasteiger partial charge in [-0.2, -0.15) is 28.1 Å². The van der Waals surface area contributed by atoms with Crippen LogP contribution in [-0.4, -0.2) is 25.7 Å². The number of hydrogen-bond acceptors (Lipinski definition) is 5. The first kappa shape index (κ1) is 21.7. The molecule has 2 aromatic heterocycles. The molecule has 154 valence electrons. The molecule has 0 aliphatic heterocycles. The Labute approximate surface area is 181 Å². The van der Waals surface area contributed by atoms with Crippen LogP contribution >= 0.6 is 27.5 Å². The summed E-state index contributed by atoms with van der Waals surface area (Å²) in [5.74, 6) is -0.240. The van der Waals surface area contributed by atoms with Gasteiger partial charge >= 0.3 is 6.18 Å². The lowest BCUT2D eigenvalue weighted by Crippen LogP contribution is -2.29. The maximum Gasteiger partial charge on any atom is 0.416 e. The summed E-state index contributed by atoms with van der Waals surface area (Å²) >= 11 is 8.88. The zero-order valence-corrected chi connectivity index (χ0v) is 17.4. The molecule has 1 unspecified atom stereocenters. The molecule has 0 radical (unpaired) electrons. The molecule has 12 heteroatoms. The average Bonchev–Trinajstić information content (AvgIpc) is 3.08. The molecule has 1 aromatic carbocycles. The Morgan fingerprint density at radius 1 is 1.33 bits per heavy atom. The van der Waals surface area contributed by atoms with Gasteiger partial charge in [0.1, 0.15) is 6.07 Å². The molecule has 1 atom stereocenters. The number of rotatable bonds is 4. The normalized spacial score (nSPS) is 12.3.